The predicted molar refractivity (Wildman–Crippen MR) is 77.5 cm³/mol. The van der Waals surface area contributed by atoms with Crippen molar-refractivity contribution in [3.05, 3.63) is 29.6 Å². The standard InChI is InChI=1S/C16H24FNO2/c1-2-18-12-13-7-8-16(15(17)11-13)20-10-4-6-14-5-3-9-19-14/h7-8,11,14,18H,2-6,9-10,12H2,1H3. The molecule has 2 rings (SSSR count). The third-order valence-electron chi connectivity index (χ3n) is 3.53. The second-order valence-corrected chi connectivity index (χ2v) is 5.17. The highest BCUT2D eigenvalue weighted by molar-refractivity contribution is 5.29. The third kappa shape index (κ3) is 4.76. The van der Waals surface area contributed by atoms with Gasteiger partial charge >= 0.3 is 0 Å². The molecule has 0 bridgehead atoms. The lowest BCUT2D eigenvalue weighted by Gasteiger charge is -2.11. The molecule has 3 nitrogen and oxygen atoms in total. The molecule has 1 aromatic rings. The van der Waals surface area contributed by atoms with E-state index in [1.165, 1.54) is 6.07 Å². The first-order valence-electron chi connectivity index (χ1n) is 7.53. The van der Waals surface area contributed by atoms with Crippen LogP contribution in [0.1, 0.15) is 38.2 Å². The summed E-state index contributed by atoms with van der Waals surface area (Å²) in [5, 5.41) is 3.17. The Bertz CT molecular complexity index is 405. The van der Waals surface area contributed by atoms with Crippen LogP contribution >= 0.6 is 0 Å². The van der Waals surface area contributed by atoms with Crippen LogP contribution < -0.4 is 10.1 Å². The molecule has 20 heavy (non-hydrogen) atoms. The summed E-state index contributed by atoms with van der Waals surface area (Å²) in [5.74, 6) is 0.0649. The van der Waals surface area contributed by atoms with Gasteiger partial charge in [-0.1, -0.05) is 13.0 Å². The van der Waals surface area contributed by atoms with Gasteiger partial charge in [0.25, 0.3) is 0 Å². The maximum atomic E-state index is 13.8. The smallest absolute Gasteiger partial charge is 0.165 e. The summed E-state index contributed by atoms with van der Waals surface area (Å²) >= 11 is 0. The number of nitrogens with one attached hydrogen (secondary N) is 1. The van der Waals surface area contributed by atoms with E-state index in [1.807, 2.05) is 13.0 Å². The molecule has 0 aliphatic carbocycles. The number of benzene rings is 1. The van der Waals surface area contributed by atoms with Gasteiger partial charge in [-0.2, -0.15) is 0 Å². The molecule has 1 aliphatic rings. The molecule has 1 heterocycles. The predicted octanol–water partition coefficient (Wildman–Crippen LogP) is 3.27. The van der Waals surface area contributed by atoms with Crippen molar-refractivity contribution >= 4 is 0 Å². The zero-order valence-corrected chi connectivity index (χ0v) is 12.2. The number of halogens is 1. The largest absolute Gasteiger partial charge is 0.491 e. The van der Waals surface area contributed by atoms with Gasteiger partial charge in [-0.05, 0) is 49.9 Å². The van der Waals surface area contributed by atoms with Crippen molar-refractivity contribution in [1.82, 2.24) is 5.32 Å². The SMILES string of the molecule is CCNCc1ccc(OCCCC2CCCO2)c(F)c1. The Morgan fingerprint density at radius 2 is 2.35 bits per heavy atom. The van der Waals surface area contributed by atoms with Gasteiger partial charge in [-0.25, -0.2) is 4.39 Å². The molecule has 0 radical (unpaired) electrons. The van der Waals surface area contributed by atoms with Crippen molar-refractivity contribution in [3.8, 4) is 5.75 Å². The Kier molecular flexibility index (Phi) is 6.27. The average molecular weight is 281 g/mol. The van der Waals surface area contributed by atoms with E-state index in [1.54, 1.807) is 6.07 Å². The van der Waals surface area contributed by atoms with E-state index < -0.39 is 0 Å². The fraction of sp³-hybridized carbons (Fsp3) is 0.625. The molecule has 1 atom stereocenters. The van der Waals surface area contributed by atoms with Crippen LogP contribution in [0.2, 0.25) is 0 Å². The molecule has 1 unspecified atom stereocenters. The highest BCUT2D eigenvalue weighted by Gasteiger charge is 2.14. The van der Waals surface area contributed by atoms with Gasteiger partial charge in [0.1, 0.15) is 0 Å². The zero-order chi connectivity index (χ0) is 14.2. The Morgan fingerprint density at radius 3 is 3.05 bits per heavy atom. The Morgan fingerprint density at radius 1 is 1.45 bits per heavy atom. The molecule has 1 aliphatic heterocycles. The van der Waals surface area contributed by atoms with Gasteiger partial charge in [-0.15, -0.1) is 0 Å². The summed E-state index contributed by atoms with van der Waals surface area (Å²) in [6, 6.07) is 5.16. The first-order chi connectivity index (χ1) is 9.79. The van der Waals surface area contributed by atoms with Crippen molar-refractivity contribution in [2.45, 2.75) is 45.3 Å². The Hall–Kier alpha value is -1.13. The Balaban J connectivity index is 1.71. The van der Waals surface area contributed by atoms with Crippen molar-refractivity contribution in [2.75, 3.05) is 19.8 Å². The van der Waals surface area contributed by atoms with Crippen molar-refractivity contribution in [3.63, 3.8) is 0 Å². The normalized spacial score (nSPS) is 18.4. The van der Waals surface area contributed by atoms with Gasteiger partial charge in [0.2, 0.25) is 0 Å². The minimum Gasteiger partial charge on any atom is -0.491 e. The fourth-order valence-corrected chi connectivity index (χ4v) is 2.41. The van der Waals surface area contributed by atoms with Gasteiger partial charge < -0.3 is 14.8 Å². The molecule has 0 amide bonds. The van der Waals surface area contributed by atoms with Gasteiger partial charge in [-0.3, -0.25) is 0 Å². The fourth-order valence-electron chi connectivity index (χ4n) is 2.41. The van der Waals surface area contributed by atoms with Crippen LogP contribution in [0.4, 0.5) is 4.39 Å². The molecule has 1 N–H and O–H groups in total. The topological polar surface area (TPSA) is 30.5 Å². The first kappa shape index (κ1) is 15.3. The van der Waals surface area contributed by atoms with Crippen LogP contribution in [-0.4, -0.2) is 25.9 Å². The summed E-state index contributed by atoms with van der Waals surface area (Å²) in [6.45, 7) is 5.02. The van der Waals surface area contributed by atoms with Gasteiger partial charge in [0.05, 0.1) is 12.7 Å². The van der Waals surface area contributed by atoms with Crippen molar-refractivity contribution in [1.29, 1.82) is 0 Å². The zero-order valence-electron chi connectivity index (χ0n) is 12.2. The quantitative estimate of drug-likeness (QED) is 0.742. The monoisotopic (exact) mass is 281 g/mol. The van der Waals surface area contributed by atoms with E-state index in [0.29, 0.717) is 25.0 Å². The lowest BCUT2D eigenvalue weighted by atomic mass is 10.1. The second-order valence-electron chi connectivity index (χ2n) is 5.17. The van der Waals surface area contributed by atoms with Crippen LogP contribution in [0, 0.1) is 5.82 Å². The summed E-state index contributed by atoms with van der Waals surface area (Å²) in [5.41, 5.74) is 0.941. The molecule has 112 valence electrons. The molecule has 1 fully saturated rings. The minimum atomic E-state index is -0.280. The highest BCUT2D eigenvalue weighted by atomic mass is 19.1. The van der Waals surface area contributed by atoms with E-state index in [0.717, 1.165) is 44.4 Å². The van der Waals surface area contributed by atoms with E-state index >= 15 is 0 Å². The molecule has 4 heteroatoms. The van der Waals surface area contributed by atoms with Crippen LogP contribution in [0.5, 0.6) is 5.75 Å². The van der Waals surface area contributed by atoms with Gasteiger partial charge in [0, 0.05) is 13.2 Å². The lowest BCUT2D eigenvalue weighted by Crippen LogP contribution is -2.12. The summed E-state index contributed by atoms with van der Waals surface area (Å²) < 4.78 is 24.9. The molecule has 0 spiro atoms. The first-order valence-corrected chi connectivity index (χ1v) is 7.53. The number of rotatable bonds is 8. The molecule has 1 saturated heterocycles. The van der Waals surface area contributed by atoms with Crippen molar-refractivity contribution < 1.29 is 13.9 Å². The third-order valence-corrected chi connectivity index (χ3v) is 3.53. The maximum absolute atomic E-state index is 13.8. The van der Waals surface area contributed by atoms with Crippen molar-refractivity contribution in [2.24, 2.45) is 0 Å². The maximum Gasteiger partial charge on any atom is 0.165 e. The van der Waals surface area contributed by atoms with Crippen LogP contribution in [-0.2, 0) is 11.3 Å². The van der Waals surface area contributed by atoms with Crippen LogP contribution in [0.25, 0.3) is 0 Å². The molecule has 0 aromatic heterocycles. The van der Waals surface area contributed by atoms with Crippen LogP contribution in [0.15, 0.2) is 18.2 Å². The van der Waals surface area contributed by atoms with Gasteiger partial charge in [0.15, 0.2) is 11.6 Å². The molecular weight excluding hydrogens is 257 g/mol. The number of hydrogen-bond acceptors (Lipinski definition) is 3. The number of ether oxygens (including phenoxy) is 2. The van der Waals surface area contributed by atoms with E-state index in [-0.39, 0.29) is 5.82 Å². The molecule has 0 saturated carbocycles. The highest BCUT2D eigenvalue weighted by Crippen LogP contribution is 2.20. The minimum absolute atomic E-state index is 0.280. The summed E-state index contributed by atoms with van der Waals surface area (Å²) in [4.78, 5) is 0. The summed E-state index contributed by atoms with van der Waals surface area (Å²) in [6.07, 6.45) is 4.59. The molecular formula is C16H24FNO2. The second kappa shape index (κ2) is 8.22. The van der Waals surface area contributed by atoms with Crippen LogP contribution in [0.3, 0.4) is 0 Å². The molecule has 1 aromatic carbocycles. The van der Waals surface area contributed by atoms with E-state index in [9.17, 15) is 4.39 Å². The number of hydrogen-bond donors (Lipinski definition) is 1. The summed E-state index contributed by atoms with van der Waals surface area (Å²) in [7, 11) is 0. The van der Waals surface area contributed by atoms with E-state index in [2.05, 4.69) is 5.32 Å². The van der Waals surface area contributed by atoms with E-state index in [4.69, 9.17) is 9.47 Å². The average Bonchev–Trinajstić information content (AvgIpc) is 2.96. The lowest BCUT2D eigenvalue weighted by molar-refractivity contribution is 0.0979. The Labute approximate surface area is 120 Å².